The van der Waals surface area contributed by atoms with Gasteiger partial charge in [0.1, 0.15) is 11.4 Å². The zero-order valence-electron chi connectivity index (χ0n) is 15.1. The van der Waals surface area contributed by atoms with Crippen molar-refractivity contribution in [1.82, 2.24) is 24.9 Å². The van der Waals surface area contributed by atoms with Crippen LogP contribution in [-0.2, 0) is 26.4 Å². The lowest BCUT2D eigenvalue weighted by Gasteiger charge is -2.16. The van der Waals surface area contributed by atoms with Gasteiger partial charge in [0.2, 0.25) is 0 Å². The molecule has 0 fully saturated rings. The molecule has 8 heteroatoms. The number of hydrogen-bond donors (Lipinski definition) is 1. The molecule has 3 heterocycles. The largest absolute Gasteiger partial charge is 0.463 e. The molecule has 0 radical (unpaired) electrons. The third-order valence-electron chi connectivity index (χ3n) is 4.77. The van der Waals surface area contributed by atoms with E-state index in [1.165, 1.54) is 9.36 Å². The quantitative estimate of drug-likeness (QED) is 0.738. The van der Waals surface area contributed by atoms with Gasteiger partial charge in [-0.1, -0.05) is 0 Å². The van der Waals surface area contributed by atoms with Crippen LogP contribution in [-0.4, -0.2) is 32.0 Å². The Labute approximate surface area is 155 Å². The number of aryl methyl sites for hydroxylation is 3. The Hall–Kier alpha value is -3.16. The van der Waals surface area contributed by atoms with Crippen molar-refractivity contribution in [3.8, 4) is 11.5 Å². The van der Waals surface area contributed by atoms with Gasteiger partial charge >= 0.3 is 0 Å². The smallest absolute Gasteiger partial charge is 0.269 e. The summed E-state index contributed by atoms with van der Waals surface area (Å²) in [6.45, 7) is 0.645. The number of amides is 1. The number of nitrogens with one attached hydrogen (secondary N) is 1. The Kier molecular flexibility index (Phi) is 4.62. The van der Waals surface area contributed by atoms with Crippen LogP contribution in [0, 0.1) is 0 Å². The summed E-state index contributed by atoms with van der Waals surface area (Å²) >= 11 is 0. The van der Waals surface area contributed by atoms with Gasteiger partial charge in [-0.05, 0) is 43.4 Å². The van der Waals surface area contributed by atoms with Crippen molar-refractivity contribution in [2.45, 2.75) is 32.2 Å². The molecular formula is C19H21N5O3. The number of furan rings is 1. The van der Waals surface area contributed by atoms with Gasteiger partial charge in [-0.25, -0.2) is 4.68 Å². The molecule has 0 aliphatic heterocycles. The van der Waals surface area contributed by atoms with E-state index in [9.17, 15) is 9.59 Å². The van der Waals surface area contributed by atoms with Gasteiger partial charge in [0.25, 0.3) is 11.5 Å². The average molecular weight is 367 g/mol. The van der Waals surface area contributed by atoms with Crippen LogP contribution in [0.25, 0.3) is 11.5 Å². The molecule has 3 aromatic heterocycles. The Morgan fingerprint density at radius 2 is 2.11 bits per heavy atom. The summed E-state index contributed by atoms with van der Waals surface area (Å²) in [6, 6.07) is 6.92. The number of fused-ring (bicyclic) bond motifs is 1. The highest BCUT2D eigenvalue weighted by Gasteiger charge is 2.16. The highest BCUT2D eigenvalue weighted by Crippen LogP contribution is 2.19. The fraction of sp³-hybridized carbons (Fsp3) is 0.368. The Bertz CT molecular complexity index is 1020. The maximum atomic E-state index is 12.4. The van der Waals surface area contributed by atoms with Crippen LogP contribution in [0.3, 0.4) is 0 Å². The Morgan fingerprint density at radius 3 is 2.93 bits per heavy atom. The fourth-order valence-corrected chi connectivity index (χ4v) is 3.35. The molecule has 4 rings (SSSR count). The summed E-state index contributed by atoms with van der Waals surface area (Å²) in [7, 11) is 1.71. The molecule has 0 saturated heterocycles. The van der Waals surface area contributed by atoms with Crippen LogP contribution in [0.4, 0.5) is 0 Å². The van der Waals surface area contributed by atoms with Crippen LogP contribution in [0.2, 0.25) is 0 Å². The molecule has 0 spiro atoms. The second kappa shape index (κ2) is 7.22. The molecule has 0 atom stereocenters. The first kappa shape index (κ1) is 17.3. The molecule has 8 nitrogen and oxygen atoms in total. The lowest BCUT2D eigenvalue weighted by molar-refractivity contribution is 0.0942. The Morgan fingerprint density at radius 1 is 1.26 bits per heavy atom. The van der Waals surface area contributed by atoms with Crippen LogP contribution in [0.15, 0.2) is 39.7 Å². The van der Waals surface area contributed by atoms with Crippen molar-refractivity contribution >= 4 is 5.91 Å². The minimum absolute atomic E-state index is 0.120. The normalized spacial score (nSPS) is 13.4. The van der Waals surface area contributed by atoms with E-state index in [0.717, 1.165) is 36.9 Å². The van der Waals surface area contributed by atoms with Gasteiger partial charge in [0.15, 0.2) is 5.76 Å². The monoisotopic (exact) mass is 367 g/mol. The molecule has 1 N–H and O–H groups in total. The summed E-state index contributed by atoms with van der Waals surface area (Å²) < 4.78 is 8.25. The summed E-state index contributed by atoms with van der Waals surface area (Å²) in [5.41, 5.74) is 2.96. The van der Waals surface area contributed by atoms with E-state index in [-0.39, 0.29) is 11.5 Å². The second-order valence-electron chi connectivity index (χ2n) is 6.66. The molecule has 140 valence electrons. The first-order chi connectivity index (χ1) is 13.1. The number of carbonyl (C=O) groups excluding carboxylic acids is 1. The number of nitrogens with zero attached hydrogens (tertiary/aromatic N) is 4. The highest BCUT2D eigenvalue weighted by atomic mass is 16.3. The van der Waals surface area contributed by atoms with Crippen molar-refractivity contribution in [1.29, 1.82) is 0 Å². The van der Waals surface area contributed by atoms with E-state index in [4.69, 9.17) is 4.42 Å². The predicted molar refractivity (Wildman–Crippen MR) is 98.4 cm³/mol. The van der Waals surface area contributed by atoms with Gasteiger partial charge in [0.05, 0.1) is 18.5 Å². The van der Waals surface area contributed by atoms with Gasteiger partial charge < -0.3 is 9.73 Å². The number of rotatable bonds is 5. The molecule has 1 aliphatic rings. The Balaban J connectivity index is 1.41. The number of carbonyl (C=O) groups is 1. The van der Waals surface area contributed by atoms with E-state index in [1.54, 1.807) is 37.6 Å². The summed E-state index contributed by atoms with van der Waals surface area (Å²) in [6.07, 6.45) is 5.61. The zero-order chi connectivity index (χ0) is 18.8. The highest BCUT2D eigenvalue weighted by molar-refractivity contribution is 5.93. The van der Waals surface area contributed by atoms with Crippen molar-refractivity contribution in [2.75, 3.05) is 6.54 Å². The molecule has 27 heavy (non-hydrogen) atoms. The van der Waals surface area contributed by atoms with E-state index in [0.29, 0.717) is 30.2 Å². The SMILES string of the molecule is Cn1nc(-c2ccco2)cc1C(=O)NCCn1nc2c(cc1=O)CCCC2. The van der Waals surface area contributed by atoms with Gasteiger partial charge in [0, 0.05) is 25.7 Å². The second-order valence-corrected chi connectivity index (χ2v) is 6.66. The van der Waals surface area contributed by atoms with Crippen LogP contribution < -0.4 is 10.9 Å². The zero-order valence-corrected chi connectivity index (χ0v) is 15.1. The standard InChI is InChI=1S/C19H21N5O3/c1-23-16(12-15(21-23)17-7-4-10-27-17)19(26)20-8-9-24-18(25)11-13-5-2-3-6-14(13)22-24/h4,7,10-12H,2-3,5-6,8-9H2,1H3,(H,20,26). The summed E-state index contributed by atoms with van der Waals surface area (Å²) in [5, 5.41) is 11.6. The molecule has 3 aromatic rings. The lowest BCUT2D eigenvalue weighted by atomic mass is 9.97. The maximum Gasteiger partial charge on any atom is 0.269 e. The van der Waals surface area contributed by atoms with Crippen LogP contribution >= 0.6 is 0 Å². The summed E-state index contributed by atoms with van der Waals surface area (Å²) in [5.74, 6) is 0.350. The fourth-order valence-electron chi connectivity index (χ4n) is 3.35. The van der Waals surface area contributed by atoms with E-state index >= 15 is 0 Å². The number of hydrogen-bond acceptors (Lipinski definition) is 5. The van der Waals surface area contributed by atoms with Gasteiger partial charge in [-0.2, -0.15) is 10.2 Å². The molecule has 0 unspecified atom stereocenters. The lowest BCUT2D eigenvalue weighted by Crippen LogP contribution is -2.33. The van der Waals surface area contributed by atoms with E-state index in [2.05, 4.69) is 15.5 Å². The van der Waals surface area contributed by atoms with Gasteiger partial charge in [-0.15, -0.1) is 0 Å². The molecule has 0 saturated carbocycles. The van der Waals surface area contributed by atoms with Crippen LogP contribution in [0.5, 0.6) is 0 Å². The van der Waals surface area contributed by atoms with E-state index in [1.807, 2.05) is 0 Å². The third-order valence-corrected chi connectivity index (χ3v) is 4.77. The topological polar surface area (TPSA) is 95.0 Å². The average Bonchev–Trinajstić information content (AvgIpc) is 3.31. The van der Waals surface area contributed by atoms with Crippen molar-refractivity contribution in [2.24, 2.45) is 7.05 Å². The molecule has 0 aromatic carbocycles. The molecule has 0 bridgehead atoms. The molecule has 1 amide bonds. The van der Waals surface area contributed by atoms with Crippen molar-refractivity contribution in [3.63, 3.8) is 0 Å². The van der Waals surface area contributed by atoms with Crippen molar-refractivity contribution in [3.05, 3.63) is 57.8 Å². The maximum absolute atomic E-state index is 12.4. The number of aromatic nitrogens is 4. The minimum Gasteiger partial charge on any atom is -0.463 e. The first-order valence-electron chi connectivity index (χ1n) is 9.08. The van der Waals surface area contributed by atoms with Gasteiger partial charge in [-0.3, -0.25) is 14.3 Å². The van der Waals surface area contributed by atoms with E-state index < -0.39 is 0 Å². The van der Waals surface area contributed by atoms with Crippen LogP contribution in [0.1, 0.15) is 34.6 Å². The van der Waals surface area contributed by atoms with Crippen molar-refractivity contribution < 1.29 is 9.21 Å². The molecular weight excluding hydrogens is 346 g/mol. The minimum atomic E-state index is -0.256. The predicted octanol–water partition coefficient (Wildman–Crippen LogP) is 1.55. The third kappa shape index (κ3) is 3.55. The molecule has 1 aliphatic carbocycles. The summed E-state index contributed by atoms with van der Waals surface area (Å²) in [4.78, 5) is 24.6. The first-order valence-corrected chi connectivity index (χ1v) is 9.08.